The van der Waals surface area contributed by atoms with E-state index in [9.17, 15) is 0 Å². The predicted molar refractivity (Wildman–Crippen MR) is 80.1 cm³/mol. The van der Waals surface area contributed by atoms with Crippen molar-refractivity contribution in [1.82, 2.24) is 15.1 Å². The average Bonchev–Trinajstić information content (AvgIpc) is 2.81. The number of aromatic nitrogens is 2. The number of nitrogens with zero attached hydrogens (tertiary/aromatic N) is 2. The molecule has 1 heterocycles. The van der Waals surface area contributed by atoms with Gasteiger partial charge >= 0.3 is 0 Å². The molecule has 1 saturated carbocycles. The SMILES string of the molecule is CCc1nn(C)cc1CNC(CC)C1CCCCC1. The molecule has 0 radical (unpaired) electrons. The molecule has 0 aromatic carbocycles. The number of rotatable bonds is 6. The van der Waals surface area contributed by atoms with E-state index in [4.69, 9.17) is 0 Å². The van der Waals surface area contributed by atoms with E-state index in [2.05, 4.69) is 30.5 Å². The zero-order chi connectivity index (χ0) is 13.7. The van der Waals surface area contributed by atoms with Crippen molar-refractivity contribution in [2.45, 2.75) is 71.4 Å². The number of hydrogen-bond donors (Lipinski definition) is 1. The summed E-state index contributed by atoms with van der Waals surface area (Å²) in [4.78, 5) is 0. The molecule has 2 rings (SSSR count). The van der Waals surface area contributed by atoms with Crippen LogP contribution < -0.4 is 5.32 Å². The molecule has 1 N–H and O–H groups in total. The summed E-state index contributed by atoms with van der Waals surface area (Å²) in [6.45, 7) is 5.48. The maximum Gasteiger partial charge on any atom is 0.0666 e. The lowest BCUT2D eigenvalue weighted by Crippen LogP contribution is -2.36. The summed E-state index contributed by atoms with van der Waals surface area (Å²) in [6.07, 6.45) is 11.6. The highest BCUT2D eigenvalue weighted by Gasteiger charge is 2.22. The van der Waals surface area contributed by atoms with Crippen molar-refractivity contribution in [3.8, 4) is 0 Å². The maximum atomic E-state index is 4.52. The van der Waals surface area contributed by atoms with Gasteiger partial charge in [-0.05, 0) is 31.6 Å². The summed E-state index contributed by atoms with van der Waals surface area (Å²) < 4.78 is 1.94. The first-order valence-corrected chi connectivity index (χ1v) is 7.99. The number of aryl methyl sites for hydroxylation is 2. The van der Waals surface area contributed by atoms with Crippen molar-refractivity contribution in [3.63, 3.8) is 0 Å². The van der Waals surface area contributed by atoms with Gasteiger partial charge in [-0.1, -0.05) is 33.1 Å². The molecule has 19 heavy (non-hydrogen) atoms. The molecular weight excluding hydrogens is 234 g/mol. The minimum atomic E-state index is 0.685. The molecule has 3 nitrogen and oxygen atoms in total. The van der Waals surface area contributed by atoms with Gasteiger partial charge in [0.15, 0.2) is 0 Å². The van der Waals surface area contributed by atoms with Crippen LogP contribution in [-0.2, 0) is 20.0 Å². The fourth-order valence-electron chi connectivity index (χ4n) is 3.45. The molecule has 1 aliphatic carbocycles. The molecular formula is C16H29N3. The fraction of sp³-hybridized carbons (Fsp3) is 0.812. The quantitative estimate of drug-likeness (QED) is 0.852. The lowest BCUT2D eigenvalue weighted by Gasteiger charge is -2.30. The van der Waals surface area contributed by atoms with E-state index < -0.39 is 0 Å². The average molecular weight is 263 g/mol. The van der Waals surface area contributed by atoms with Crippen molar-refractivity contribution >= 4 is 0 Å². The van der Waals surface area contributed by atoms with Gasteiger partial charge in [-0.15, -0.1) is 0 Å². The molecule has 0 saturated heterocycles. The third kappa shape index (κ3) is 3.82. The van der Waals surface area contributed by atoms with E-state index in [0.717, 1.165) is 18.9 Å². The van der Waals surface area contributed by atoms with Crippen LogP contribution in [0.5, 0.6) is 0 Å². The van der Waals surface area contributed by atoms with E-state index in [0.29, 0.717) is 6.04 Å². The zero-order valence-corrected chi connectivity index (χ0v) is 12.8. The van der Waals surface area contributed by atoms with Gasteiger partial charge in [0.25, 0.3) is 0 Å². The molecule has 0 aliphatic heterocycles. The Morgan fingerprint density at radius 2 is 2.05 bits per heavy atom. The molecule has 1 atom stereocenters. The van der Waals surface area contributed by atoms with Crippen LogP contribution in [0.4, 0.5) is 0 Å². The summed E-state index contributed by atoms with van der Waals surface area (Å²) in [6, 6.07) is 0.685. The van der Waals surface area contributed by atoms with Gasteiger partial charge in [0.1, 0.15) is 0 Å². The van der Waals surface area contributed by atoms with Gasteiger partial charge in [0.05, 0.1) is 5.69 Å². The van der Waals surface area contributed by atoms with Crippen LogP contribution in [0.2, 0.25) is 0 Å². The molecule has 1 aliphatic rings. The maximum absolute atomic E-state index is 4.52. The van der Waals surface area contributed by atoms with E-state index >= 15 is 0 Å². The van der Waals surface area contributed by atoms with Gasteiger partial charge in [-0.3, -0.25) is 4.68 Å². The topological polar surface area (TPSA) is 29.9 Å². The Labute approximate surface area is 117 Å². The van der Waals surface area contributed by atoms with Crippen molar-refractivity contribution in [2.24, 2.45) is 13.0 Å². The van der Waals surface area contributed by atoms with Crippen LogP contribution >= 0.6 is 0 Å². The Morgan fingerprint density at radius 1 is 1.32 bits per heavy atom. The standard InChI is InChI=1S/C16H29N3/c1-4-15(13-9-7-6-8-10-13)17-11-14-12-19(3)18-16(14)5-2/h12-13,15,17H,4-11H2,1-3H3. The minimum absolute atomic E-state index is 0.685. The van der Waals surface area contributed by atoms with E-state index in [1.807, 2.05) is 11.7 Å². The summed E-state index contributed by atoms with van der Waals surface area (Å²) in [5.41, 5.74) is 2.62. The Kier molecular flexibility index (Phi) is 5.44. The molecule has 1 aromatic rings. The van der Waals surface area contributed by atoms with Crippen LogP contribution in [0, 0.1) is 5.92 Å². The van der Waals surface area contributed by atoms with Gasteiger partial charge in [0.2, 0.25) is 0 Å². The summed E-state index contributed by atoms with van der Waals surface area (Å²) in [7, 11) is 2.01. The van der Waals surface area contributed by atoms with Gasteiger partial charge < -0.3 is 5.32 Å². The summed E-state index contributed by atoms with van der Waals surface area (Å²) in [5, 5.41) is 8.31. The molecule has 1 unspecified atom stereocenters. The highest BCUT2D eigenvalue weighted by molar-refractivity contribution is 5.16. The summed E-state index contributed by atoms with van der Waals surface area (Å²) >= 11 is 0. The number of hydrogen-bond acceptors (Lipinski definition) is 2. The monoisotopic (exact) mass is 263 g/mol. The van der Waals surface area contributed by atoms with Crippen LogP contribution in [0.1, 0.15) is 63.6 Å². The second-order valence-corrected chi connectivity index (χ2v) is 5.92. The van der Waals surface area contributed by atoms with E-state index in [1.165, 1.54) is 49.8 Å². The molecule has 0 spiro atoms. The lowest BCUT2D eigenvalue weighted by atomic mass is 9.83. The molecule has 1 aromatic heterocycles. The predicted octanol–water partition coefficient (Wildman–Crippen LogP) is 3.43. The molecule has 3 heteroatoms. The van der Waals surface area contributed by atoms with Crippen molar-refractivity contribution < 1.29 is 0 Å². The minimum Gasteiger partial charge on any atom is -0.310 e. The Morgan fingerprint density at radius 3 is 2.68 bits per heavy atom. The first kappa shape index (κ1) is 14.6. The summed E-state index contributed by atoms with van der Waals surface area (Å²) in [5.74, 6) is 0.889. The van der Waals surface area contributed by atoms with Crippen LogP contribution in [0.3, 0.4) is 0 Å². The molecule has 0 amide bonds. The largest absolute Gasteiger partial charge is 0.310 e. The zero-order valence-electron chi connectivity index (χ0n) is 12.8. The van der Waals surface area contributed by atoms with Gasteiger partial charge in [-0.2, -0.15) is 5.10 Å². The highest BCUT2D eigenvalue weighted by atomic mass is 15.3. The highest BCUT2D eigenvalue weighted by Crippen LogP contribution is 2.27. The third-order valence-electron chi connectivity index (χ3n) is 4.54. The van der Waals surface area contributed by atoms with Crippen molar-refractivity contribution in [2.75, 3.05) is 0 Å². The van der Waals surface area contributed by atoms with Crippen molar-refractivity contribution in [3.05, 3.63) is 17.5 Å². The Bertz CT molecular complexity index is 377. The Hall–Kier alpha value is -0.830. The normalized spacial score (nSPS) is 18.7. The van der Waals surface area contributed by atoms with Crippen LogP contribution in [0.15, 0.2) is 6.20 Å². The van der Waals surface area contributed by atoms with Crippen molar-refractivity contribution in [1.29, 1.82) is 0 Å². The third-order valence-corrected chi connectivity index (χ3v) is 4.54. The first-order valence-electron chi connectivity index (χ1n) is 7.99. The Balaban J connectivity index is 1.91. The fourth-order valence-corrected chi connectivity index (χ4v) is 3.45. The van der Waals surface area contributed by atoms with Gasteiger partial charge in [0, 0.05) is 31.4 Å². The van der Waals surface area contributed by atoms with Crippen LogP contribution in [0.25, 0.3) is 0 Å². The second kappa shape index (κ2) is 7.09. The molecule has 0 bridgehead atoms. The number of nitrogens with one attached hydrogen (secondary N) is 1. The van der Waals surface area contributed by atoms with E-state index in [-0.39, 0.29) is 0 Å². The molecule has 1 fully saturated rings. The first-order chi connectivity index (χ1) is 9.24. The lowest BCUT2D eigenvalue weighted by molar-refractivity contribution is 0.261. The molecule has 108 valence electrons. The second-order valence-electron chi connectivity index (χ2n) is 5.92. The van der Waals surface area contributed by atoms with E-state index in [1.54, 1.807) is 0 Å². The smallest absolute Gasteiger partial charge is 0.0666 e. The van der Waals surface area contributed by atoms with Crippen LogP contribution in [-0.4, -0.2) is 15.8 Å². The van der Waals surface area contributed by atoms with Gasteiger partial charge in [-0.25, -0.2) is 0 Å².